The second-order valence-corrected chi connectivity index (χ2v) is 6.98. The van der Waals surface area contributed by atoms with Crippen molar-refractivity contribution in [3.63, 3.8) is 0 Å². The molecule has 0 spiro atoms. The molecule has 7 heteroatoms. The van der Waals surface area contributed by atoms with Crippen LogP contribution in [0.1, 0.15) is 43.0 Å². The van der Waals surface area contributed by atoms with Crippen LogP contribution in [-0.2, 0) is 4.74 Å². The number of hydrogen-bond donors (Lipinski definition) is 1. The molecule has 6 nitrogen and oxygen atoms in total. The average molecular weight is 368 g/mol. The Morgan fingerprint density at radius 1 is 1.44 bits per heavy atom. The molecule has 3 heterocycles. The highest BCUT2D eigenvalue weighted by Gasteiger charge is 2.24. The van der Waals surface area contributed by atoms with Gasteiger partial charge in [0.2, 0.25) is 5.88 Å². The van der Waals surface area contributed by atoms with Gasteiger partial charge in [0, 0.05) is 31.6 Å². The zero-order chi connectivity index (χ0) is 17.6. The third kappa shape index (κ3) is 4.84. The van der Waals surface area contributed by atoms with Gasteiger partial charge in [-0.25, -0.2) is 4.98 Å². The lowest BCUT2D eigenvalue weighted by Gasteiger charge is -2.23. The van der Waals surface area contributed by atoms with Crippen molar-refractivity contribution < 1.29 is 14.3 Å². The van der Waals surface area contributed by atoms with Crippen molar-refractivity contribution in [1.29, 1.82) is 0 Å². The monoisotopic (exact) mass is 367 g/mol. The van der Waals surface area contributed by atoms with Crippen LogP contribution in [-0.4, -0.2) is 60.8 Å². The molecule has 0 aliphatic carbocycles. The Morgan fingerprint density at radius 3 is 2.96 bits per heavy atom. The fourth-order valence-electron chi connectivity index (χ4n) is 3.44. The molecule has 2 aliphatic rings. The van der Waals surface area contributed by atoms with Crippen molar-refractivity contribution in [2.24, 2.45) is 0 Å². The topological polar surface area (TPSA) is 63.7 Å². The van der Waals surface area contributed by atoms with E-state index in [2.05, 4.69) is 22.1 Å². The normalized spacial score (nSPS) is 22.1. The van der Waals surface area contributed by atoms with Crippen LogP contribution in [0.2, 0.25) is 5.02 Å². The number of carbonyl (C=O) groups is 1. The highest BCUT2D eigenvalue weighted by Crippen LogP contribution is 2.25. The van der Waals surface area contributed by atoms with Crippen LogP contribution >= 0.6 is 11.6 Å². The zero-order valence-electron chi connectivity index (χ0n) is 14.7. The molecule has 2 saturated heterocycles. The molecular formula is C18H26ClN3O3. The van der Waals surface area contributed by atoms with E-state index in [1.807, 2.05) is 0 Å². The Labute approximate surface area is 153 Å². The van der Waals surface area contributed by atoms with Gasteiger partial charge in [-0.3, -0.25) is 9.69 Å². The summed E-state index contributed by atoms with van der Waals surface area (Å²) < 4.78 is 11.1. The average Bonchev–Trinajstić information content (AvgIpc) is 3.10. The van der Waals surface area contributed by atoms with E-state index in [-0.39, 0.29) is 12.0 Å². The number of amides is 1. The molecule has 1 amide bonds. The highest BCUT2D eigenvalue weighted by molar-refractivity contribution is 6.32. The van der Waals surface area contributed by atoms with Gasteiger partial charge in [-0.2, -0.15) is 0 Å². The molecule has 138 valence electrons. The second-order valence-electron chi connectivity index (χ2n) is 6.58. The van der Waals surface area contributed by atoms with Gasteiger partial charge in [0.25, 0.3) is 5.91 Å². The van der Waals surface area contributed by atoms with Gasteiger partial charge in [0.1, 0.15) is 11.1 Å². The first-order valence-corrected chi connectivity index (χ1v) is 9.47. The maximum atomic E-state index is 12.4. The first-order chi connectivity index (χ1) is 12.2. The van der Waals surface area contributed by atoms with Crippen molar-refractivity contribution in [3.8, 4) is 5.88 Å². The molecule has 2 aliphatic heterocycles. The minimum atomic E-state index is -0.144. The fourth-order valence-corrected chi connectivity index (χ4v) is 3.65. The number of likely N-dealkylation sites (tertiary alicyclic amines) is 1. The first kappa shape index (κ1) is 18.4. The summed E-state index contributed by atoms with van der Waals surface area (Å²) in [6.45, 7) is 6.33. The van der Waals surface area contributed by atoms with Crippen LogP contribution < -0.4 is 10.1 Å². The summed E-state index contributed by atoms with van der Waals surface area (Å²) in [6, 6.07) is 2.05. The summed E-state index contributed by atoms with van der Waals surface area (Å²) in [6.07, 6.45) is 5.58. The molecule has 0 radical (unpaired) electrons. The van der Waals surface area contributed by atoms with Gasteiger partial charge in [0.15, 0.2) is 0 Å². The Hall–Kier alpha value is -1.37. The summed E-state index contributed by atoms with van der Waals surface area (Å²) in [5.74, 6) is 0.244. The third-order valence-corrected chi connectivity index (χ3v) is 5.19. The van der Waals surface area contributed by atoms with Crippen molar-refractivity contribution in [1.82, 2.24) is 15.2 Å². The lowest BCUT2D eigenvalue weighted by molar-refractivity contribution is 0.0238. The standard InChI is InChI=1S/C18H26ClN3O3/c1-2-22-7-3-4-14(22)12-20-17(23)13-10-16(19)18(21-11-13)25-15-5-8-24-9-6-15/h10-11,14-15H,2-9,12H2,1H3,(H,20,23). The summed E-state index contributed by atoms with van der Waals surface area (Å²) in [5.41, 5.74) is 0.463. The molecule has 1 N–H and O–H groups in total. The van der Waals surface area contributed by atoms with Gasteiger partial charge in [-0.15, -0.1) is 0 Å². The van der Waals surface area contributed by atoms with Crippen LogP contribution in [0.25, 0.3) is 0 Å². The Balaban J connectivity index is 1.55. The van der Waals surface area contributed by atoms with Crippen LogP contribution in [0, 0.1) is 0 Å². The van der Waals surface area contributed by atoms with E-state index in [0.29, 0.717) is 42.3 Å². The van der Waals surface area contributed by atoms with Gasteiger partial charge in [-0.1, -0.05) is 18.5 Å². The smallest absolute Gasteiger partial charge is 0.252 e. The number of ether oxygens (including phenoxy) is 2. The second kappa shape index (κ2) is 8.83. The number of carbonyl (C=O) groups excluding carboxylic acids is 1. The van der Waals surface area contributed by atoms with Crippen LogP contribution in [0.15, 0.2) is 12.3 Å². The maximum Gasteiger partial charge on any atom is 0.252 e. The third-order valence-electron chi connectivity index (χ3n) is 4.92. The van der Waals surface area contributed by atoms with E-state index in [1.165, 1.54) is 12.6 Å². The number of hydrogen-bond acceptors (Lipinski definition) is 5. The summed E-state index contributed by atoms with van der Waals surface area (Å²) >= 11 is 6.26. The number of aromatic nitrogens is 1. The van der Waals surface area contributed by atoms with E-state index in [0.717, 1.165) is 32.4 Å². The largest absolute Gasteiger partial charge is 0.473 e. The van der Waals surface area contributed by atoms with Gasteiger partial charge in [0.05, 0.1) is 18.8 Å². The molecule has 1 atom stereocenters. The van der Waals surface area contributed by atoms with E-state index in [1.54, 1.807) is 6.07 Å². The SMILES string of the molecule is CCN1CCCC1CNC(=O)c1cnc(OC2CCOCC2)c(Cl)c1. The van der Waals surface area contributed by atoms with Crippen molar-refractivity contribution in [3.05, 3.63) is 22.8 Å². The molecule has 1 aromatic rings. The fraction of sp³-hybridized carbons (Fsp3) is 0.667. The maximum absolute atomic E-state index is 12.4. The molecule has 0 aromatic carbocycles. The Bertz CT molecular complexity index is 593. The quantitative estimate of drug-likeness (QED) is 0.837. The molecule has 1 unspecified atom stereocenters. The van der Waals surface area contributed by atoms with E-state index < -0.39 is 0 Å². The number of rotatable bonds is 6. The van der Waals surface area contributed by atoms with Crippen LogP contribution in [0.4, 0.5) is 0 Å². The van der Waals surface area contributed by atoms with Gasteiger partial charge >= 0.3 is 0 Å². The molecule has 25 heavy (non-hydrogen) atoms. The summed E-state index contributed by atoms with van der Waals surface area (Å²) in [4.78, 5) is 19.0. The number of halogens is 1. The summed E-state index contributed by atoms with van der Waals surface area (Å²) in [5, 5.41) is 3.37. The first-order valence-electron chi connectivity index (χ1n) is 9.09. The van der Waals surface area contributed by atoms with Crippen LogP contribution in [0.3, 0.4) is 0 Å². The molecular weight excluding hydrogens is 342 g/mol. The molecule has 2 fully saturated rings. The van der Waals surface area contributed by atoms with Crippen molar-refractivity contribution >= 4 is 17.5 Å². The lowest BCUT2D eigenvalue weighted by atomic mass is 10.1. The predicted molar refractivity (Wildman–Crippen MR) is 96.3 cm³/mol. The Morgan fingerprint density at radius 2 is 2.24 bits per heavy atom. The Kier molecular flexibility index (Phi) is 6.51. The van der Waals surface area contributed by atoms with Gasteiger partial charge < -0.3 is 14.8 Å². The van der Waals surface area contributed by atoms with Crippen LogP contribution in [0.5, 0.6) is 5.88 Å². The highest BCUT2D eigenvalue weighted by atomic mass is 35.5. The number of nitrogens with one attached hydrogen (secondary N) is 1. The molecule has 1 aromatic heterocycles. The molecule has 0 bridgehead atoms. The molecule has 0 saturated carbocycles. The lowest BCUT2D eigenvalue weighted by Crippen LogP contribution is -2.40. The van der Waals surface area contributed by atoms with E-state index >= 15 is 0 Å². The van der Waals surface area contributed by atoms with E-state index in [9.17, 15) is 4.79 Å². The summed E-state index contributed by atoms with van der Waals surface area (Å²) in [7, 11) is 0. The van der Waals surface area contributed by atoms with Gasteiger partial charge in [-0.05, 0) is 32.0 Å². The number of likely N-dealkylation sites (N-methyl/N-ethyl adjacent to an activating group) is 1. The van der Waals surface area contributed by atoms with E-state index in [4.69, 9.17) is 21.1 Å². The minimum Gasteiger partial charge on any atom is -0.473 e. The zero-order valence-corrected chi connectivity index (χ0v) is 15.4. The van der Waals surface area contributed by atoms with Crippen molar-refractivity contribution in [2.75, 3.05) is 32.8 Å². The van der Waals surface area contributed by atoms with Crippen molar-refractivity contribution in [2.45, 2.75) is 44.8 Å². The number of pyridine rings is 1. The minimum absolute atomic E-state index is 0.0702. The molecule has 3 rings (SSSR count). The predicted octanol–water partition coefficient (Wildman–Crippen LogP) is 2.51. The number of nitrogens with zero attached hydrogens (tertiary/aromatic N) is 2.